The van der Waals surface area contributed by atoms with Gasteiger partial charge in [0.15, 0.2) is 5.65 Å². The molecule has 0 amide bonds. The third kappa shape index (κ3) is 2.21. The Morgan fingerprint density at radius 3 is 2.45 bits per heavy atom. The summed E-state index contributed by atoms with van der Waals surface area (Å²) in [5, 5.41) is 9.94. The molecule has 2 heterocycles. The fourth-order valence-electron chi connectivity index (χ4n) is 2.59. The summed E-state index contributed by atoms with van der Waals surface area (Å²) in [6, 6.07) is 6.63. The van der Waals surface area contributed by atoms with Gasteiger partial charge in [-0.05, 0) is 32.9 Å². The number of nitrogens with zero attached hydrogens (tertiary/aromatic N) is 5. The van der Waals surface area contributed by atoms with Crippen LogP contribution < -0.4 is 4.90 Å². The van der Waals surface area contributed by atoms with Gasteiger partial charge >= 0.3 is 0 Å². The van der Waals surface area contributed by atoms with Gasteiger partial charge in [0.05, 0.1) is 5.52 Å². The van der Waals surface area contributed by atoms with Crippen LogP contribution in [0.15, 0.2) is 18.2 Å². The molecular formula is C17H23N5. The van der Waals surface area contributed by atoms with Gasteiger partial charge in [0.25, 0.3) is 0 Å². The summed E-state index contributed by atoms with van der Waals surface area (Å²) < 4.78 is 2.10. The molecule has 0 aliphatic heterocycles. The van der Waals surface area contributed by atoms with E-state index in [0.29, 0.717) is 12.0 Å². The van der Waals surface area contributed by atoms with Crippen LogP contribution >= 0.6 is 0 Å². The molecule has 2 aromatic heterocycles. The zero-order valence-corrected chi connectivity index (χ0v) is 14.1. The molecule has 0 N–H and O–H groups in total. The molecule has 0 atom stereocenters. The van der Waals surface area contributed by atoms with Crippen LogP contribution in [0.3, 0.4) is 0 Å². The molecule has 3 rings (SSSR count). The number of benzene rings is 1. The largest absolute Gasteiger partial charge is 0.342 e. The number of anilines is 1. The van der Waals surface area contributed by atoms with Crippen molar-refractivity contribution in [3.63, 3.8) is 0 Å². The van der Waals surface area contributed by atoms with Crippen molar-refractivity contribution in [1.82, 2.24) is 19.6 Å². The van der Waals surface area contributed by atoms with Gasteiger partial charge in [-0.25, -0.2) is 9.38 Å². The van der Waals surface area contributed by atoms with Crippen molar-refractivity contribution in [2.45, 2.75) is 46.6 Å². The van der Waals surface area contributed by atoms with E-state index in [9.17, 15) is 0 Å². The van der Waals surface area contributed by atoms with Crippen LogP contribution in [0.25, 0.3) is 16.6 Å². The minimum atomic E-state index is 0.290. The van der Waals surface area contributed by atoms with E-state index in [1.54, 1.807) is 0 Å². The molecule has 0 aliphatic rings. The molecule has 0 unspecified atom stereocenters. The third-order valence-corrected chi connectivity index (χ3v) is 4.11. The van der Waals surface area contributed by atoms with Gasteiger partial charge in [-0.15, -0.1) is 10.2 Å². The lowest BCUT2D eigenvalue weighted by Gasteiger charge is -2.24. The first kappa shape index (κ1) is 14.8. The number of hydrogen-bond donors (Lipinski definition) is 0. The lowest BCUT2D eigenvalue weighted by Crippen LogP contribution is -2.29. The number of hydrogen-bond acceptors (Lipinski definition) is 4. The third-order valence-electron chi connectivity index (χ3n) is 4.11. The minimum absolute atomic E-state index is 0.290. The molecule has 0 radical (unpaired) electrons. The Hall–Kier alpha value is -2.17. The molecule has 3 aromatic rings. The fraction of sp³-hybridized carbons (Fsp3) is 0.471. The quantitative estimate of drug-likeness (QED) is 0.741. The van der Waals surface area contributed by atoms with Gasteiger partial charge < -0.3 is 4.90 Å². The summed E-state index contributed by atoms with van der Waals surface area (Å²) in [6.07, 6.45) is 0. The highest BCUT2D eigenvalue weighted by Crippen LogP contribution is 2.27. The topological polar surface area (TPSA) is 46.3 Å². The molecule has 0 fully saturated rings. The van der Waals surface area contributed by atoms with E-state index >= 15 is 0 Å². The lowest BCUT2D eigenvalue weighted by atomic mass is 10.1. The molecule has 0 spiro atoms. The second kappa shape index (κ2) is 5.23. The summed E-state index contributed by atoms with van der Waals surface area (Å²) in [4.78, 5) is 7.06. The summed E-state index contributed by atoms with van der Waals surface area (Å²) in [5.74, 6) is 2.14. The second-order valence-electron chi connectivity index (χ2n) is 6.51. The minimum Gasteiger partial charge on any atom is -0.342 e. The van der Waals surface area contributed by atoms with Crippen molar-refractivity contribution in [3.05, 3.63) is 29.6 Å². The zero-order chi connectivity index (χ0) is 16.0. The van der Waals surface area contributed by atoms with Crippen molar-refractivity contribution >= 4 is 22.5 Å². The highest BCUT2D eigenvalue weighted by Gasteiger charge is 2.20. The van der Waals surface area contributed by atoms with Gasteiger partial charge in [0, 0.05) is 24.4 Å². The first-order valence-electron chi connectivity index (χ1n) is 7.78. The monoisotopic (exact) mass is 297 g/mol. The maximum absolute atomic E-state index is 4.89. The Morgan fingerprint density at radius 1 is 1.09 bits per heavy atom. The van der Waals surface area contributed by atoms with Crippen LogP contribution in [0.4, 0.5) is 5.95 Å². The van der Waals surface area contributed by atoms with Crippen molar-refractivity contribution in [3.8, 4) is 0 Å². The number of fused-ring (bicyclic) bond motifs is 3. The molecule has 1 aromatic carbocycles. The Balaban J connectivity index is 2.45. The second-order valence-corrected chi connectivity index (χ2v) is 6.51. The van der Waals surface area contributed by atoms with E-state index in [1.165, 1.54) is 5.56 Å². The van der Waals surface area contributed by atoms with Crippen LogP contribution in [0.2, 0.25) is 0 Å². The maximum atomic E-state index is 4.89. The molecule has 5 nitrogen and oxygen atoms in total. The number of aryl methyl sites for hydroxylation is 1. The predicted octanol–water partition coefficient (Wildman–Crippen LogP) is 3.55. The first-order valence-corrected chi connectivity index (χ1v) is 7.78. The standard InChI is InChI=1S/C17H23N5/c1-10(2)15-19-20-16-13-9-12(5)7-8-14(13)18-17(22(15)16)21(6)11(3)4/h7-11H,1-6H3. The van der Waals surface area contributed by atoms with Crippen LogP contribution in [0, 0.1) is 6.92 Å². The van der Waals surface area contributed by atoms with Gasteiger partial charge in [-0.3, -0.25) is 0 Å². The van der Waals surface area contributed by atoms with Gasteiger partial charge in [-0.2, -0.15) is 0 Å². The van der Waals surface area contributed by atoms with E-state index in [0.717, 1.165) is 28.3 Å². The Bertz CT molecular complexity index is 832. The molecule has 116 valence electrons. The summed E-state index contributed by atoms with van der Waals surface area (Å²) in [6.45, 7) is 10.7. The molecule has 0 saturated heterocycles. The van der Waals surface area contributed by atoms with Crippen LogP contribution in [0.5, 0.6) is 0 Å². The van der Waals surface area contributed by atoms with Gasteiger partial charge in [-0.1, -0.05) is 25.5 Å². The summed E-state index contributed by atoms with van der Waals surface area (Å²) in [5.41, 5.74) is 3.05. The van der Waals surface area contributed by atoms with Crippen molar-refractivity contribution < 1.29 is 0 Å². The number of aromatic nitrogens is 4. The predicted molar refractivity (Wildman–Crippen MR) is 90.7 cm³/mol. The summed E-state index contributed by atoms with van der Waals surface area (Å²) >= 11 is 0. The maximum Gasteiger partial charge on any atom is 0.213 e. The molecule has 0 aliphatic carbocycles. The van der Waals surface area contributed by atoms with Crippen molar-refractivity contribution in [1.29, 1.82) is 0 Å². The Kier molecular flexibility index (Phi) is 3.51. The average Bonchev–Trinajstić information content (AvgIpc) is 2.91. The average molecular weight is 297 g/mol. The van der Waals surface area contributed by atoms with Gasteiger partial charge in [0.1, 0.15) is 5.82 Å². The molecule has 0 saturated carbocycles. The van der Waals surface area contributed by atoms with E-state index in [4.69, 9.17) is 4.98 Å². The highest BCUT2D eigenvalue weighted by molar-refractivity contribution is 5.93. The molecule has 0 bridgehead atoms. The van der Waals surface area contributed by atoms with Gasteiger partial charge in [0.2, 0.25) is 5.95 Å². The van der Waals surface area contributed by atoms with Crippen LogP contribution in [-0.2, 0) is 0 Å². The summed E-state index contributed by atoms with van der Waals surface area (Å²) in [7, 11) is 2.07. The molecule has 5 heteroatoms. The highest BCUT2D eigenvalue weighted by atomic mass is 15.4. The number of rotatable bonds is 3. The zero-order valence-electron chi connectivity index (χ0n) is 14.1. The van der Waals surface area contributed by atoms with E-state index in [1.807, 2.05) is 0 Å². The van der Waals surface area contributed by atoms with Crippen LogP contribution in [-0.4, -0.2) is 32.7 Å². The van der Waals surface area contributed by atoms with E-state index in [2.05, 4.69) is 79.4 Å². The lowest BCUT2D eigenvalue weighted by molar-refractivity contribution is 0.701. The van der Waals surface area contributed by atoms with Crippen molar-refractivity contribution in [2.24, 2.45) is 0 Å². The Labute approximate surface area is 131 Å². The fourth-order valence-corrected chi connectivity index (χ4v) is 2.59. The van der Waals surface area contributed by atoms with E-state index < -0.39 is 0 Å². The first-order chi connectivity index (χ1) is 10.4. The van der Waals surface area contributed by atoms with E-state index in [-0.39, 0.29) is 0 Å². The van der Waals surface area contributed by atoms with Crippen LogP contribution in [0.1, 0.15) is 45.0 Å². The normalized spacial score (nSPS) is 12.0. The molecule has 22 heavy (non-hydrogen) atoms. The SMILES string of the molecule is Cc1ccc2nc(N(C)C(C)C)n3c(C(C)C)nnc3c2c1. The molecular weight excluding hydrogens is 274 g/mol. The van der Waals surface area contributed by atoms with Crippen molar-refractivity contribution in [2.75, 3.05) is 11.9 Å². The smallest absolute Gasteiger partial charge is 0.213 e. The Morgan fingerprint density at radius 2 is 1.82 bits per heavy atom.